The average Bonchev–Trinajstić information content (AvgIpc) is 3.05. The summed E-state index contributed by atoms with van der Waals surface area (Å²) in [6.45, 7) is 8.88. The van der Waals surface area contributed by atoms with Crippen molar-refractivity contribution in [1.29, 1.82) is 0 Å². The van der Waals surface area contributed by atoms with Crippen molar-refractivity contribution in [1.82, 2.24) is 4.90 Å². The fourth-order valence-electron chi connectivity index (χ4n) is 3.84. The Labute approximate surface area is 204 Å². The second kappa shape index (κ2) is 11.4. The van der Waals surface area contributed by atoms with Crippen LogP contribution in [0.1, 0.15) is 44.9 Å². The molecule has 1 unspecified atom stereocenters. The van der Waals surface area contributed by atoms with Gasteiger partial charge in [-0.1, -0.05) is 23.7 Å². The van der Waals surface area contributed by atoms with Gasteiger partial charge < -0.3 is 24.2 Å². The van der Waals surface area contributed by atoms with Crippen molar-refractivity contribution in [2.24, 2.45) is 0 Å². The molecule has 1 aliphatic heterocycles. The van der Waals surface area contributed by atoms with Gasteiger partial charge in [-0.25, -0.2) is 0 Å². The summed E-state index contributed by atoms with van der Waals surface area (Å²) in [7, 11) is 0. The van der Waals surface area contributed by atoms with Crippen molar-refractivity contribution in [2.45, 2.75) is 39.8 Å². The van der Waals surface area contributed by atoms with E-state index >= 15 is 0 Å². The molecular weight excluding hydrogens is 458 g/mol. The normalized spacial score (nSPS) is 17.5. The number of amides is 1. The number of carbonyl (C=O) groups is 2. The lowest BCUT2D eigenvalue weighted by molar-refractivity contribution is -0.140. The number of nitrogens with zero attached hydrogens (tertiary/aromatic N) is 1. The number of hydrogen-bond acceptors (Lipinski definition) is 6. The zero-order chi connectivity index (χ0) is 24.8. The van der Waals surface area contributed by atoms with E-state index in [-0.39, 0.29) is 41.2 Å². The smallest absolute Gasteiger partial charge is 0.295 e. The van der Waals surface area contributed by atoms with Crippen molar-refractivity contribution in [3.05, 3.63) is 64.2 Å². The minimum Gasteiger partial charge on any atom is -0.507 e. The predicted molar refractivity (Wildman–Crippen MR) is 130 cm³/mol. The number of rotatable bonds is 10. The molecule has 0 aromatic heterocycles. The molecule has 1 saturated heterocycles. The van der Waals surface area contributed by atoms with Gasteiger partial charge in [0.25, 0.3) is 11.7 Å². The quantitative estimate of drug-likeness (QED) is 0.289. The van der Waals surface area contributed by atoms with Crippen LogP contribution in [-0.4, -0.2) is 54.2 Å². The van der Waals surface area contributed by atoms with E-state index in [0.717, 1.165) is 0 Å². The van der Waals surface area contributed by atoms with Gasteiger partial charge in [0.15, 0.2) is 0 Å². The summed E-state index contributed by atoms with van der Waals surface area (Å²) >= 11 is 6.36. The molecule has 1 N–H and O–H groups in total. The Bertz CT molecular complexity index is 1060. The first-order chi connectivity index (χ1) is 16.3. The van der Waals surface area contributed by atoms with Gasteiger partial charge in [0.05, 0.1) is 42.6 Å². The van der Waals surface area contributed by atoms with Crippen molar-refractivity contribution in [3.8, 4) is 11.5 Å². The van der Waals surface area contributed by atoms with Gasteiger partial charge in [-0.3, -0.25) is 9.59 Å². The van der Waals surface area contributed by atoms with Crippen LogP contribution in [0, 0.1) is 0 Å². The maximum absolute atomic E-state index is 13.2. The number of carbonyl (C=O) groups excluding carboxylic acids is 2. The number of aliphatic hydroxyl groups is 1. The van der Waals surface area contributed by atoms with E-state index in [1.54, 1.807) is 42.5 Å². The molecule has 0 saturated carbocycles. The van der Waals surface area contributed by atoms with E-state index in [4.69, 9.17) is 25.8 Å². The fourth-order valence-corrected chi connectivity index (χ4v) is 4.05. The van der Waals surface area contributed by atoms with E-state index in [1.807, 2.05) is 27.7 Å². The molecule has 182 valence electrons. The lowest BCUT2D eigenvalue weighted by Gasteiger charge is -2.26. The Kier molecular flexibility index (Phi) is 8.58. The molecule has 7 nitrogen and oxygen atoms in total. The molecule has 1 heterocycles. The van der Waals surface area contributed by atoms with Gasteiger partial charge in [0.1, 0.15) is 17.3 Å². The van der Waals surface area contributed by atoms with Crippen LogP contribution >= 0.6 is 11.6 Å². The van der Waals surface area contributed by atoms with Crippen LogP contribution in [0.5, 0.6) is 11.5 Å². The van der Waals surface area contributed by atoms with E-state index < -0.39 is 17.7 Å². The monoisotopic (exact) mass is 487 g/mol. The Morgan fingerprint density at radius 3 is 2.26 bits per heavy atom. The van der Waals surface area contributed by atoms with Crippen LogP contribution < -0.4 is 9.47 Å². The van der Waals surface area contributed by atoms with Gasteiger partial charge in [0.2, 0.25) is 0 Å². The predicted octanol–water partition coefficient (Wildman–Crippen LogP) is 4.98. The lowest BCUT2D eigenvalue weighted by atomic mass is 9.95. The second-order valence-electron chi connectivity index (χ2n) is 7.99. The first-order valence-electron chi connectivity index (χ1n) is 11.3. The Hall–Kier alpha value is -3.03. The van der Waals surface area contributed by atoms with E-state index in [2.05, 4.69) is 0 Å². The molecule has 34 heavy (non-hydrogen) atoms. The zero-order valence-electron chi connectivity index (χ0n) is 19.8. The number of Topliss-reactive ketones (excluding diaryl/α,β-unsaturated/α-hetero) is 1. The maximum atomic E-state index is 13.2. The highest BCUT2D eigenvalue weighted by Gasteiger charge is 2.46. The number of halogens is 1. The number of aliphatic hydroxyl groups excluding tert-OH is 1. The van der Waals surface area contributed by atoms with Crippen molar-refractivity contribution in [2.75, 3.05) is 26.4 Å². The van der Waals surface area contributed by atoms with Crippen molar-refractivity contribution < 1.29 is 28.9 Å². The summed E-state index contributed by atoms with van der Waals surface area (Å²) in [6, 6.07) is 11.1. The molecule has 1 amide bonds. The third-order valence-electron chi connectivity index (χ3n) is 5.33. The molecule has 8 heteroatoms. The van der Waals surface area contributed by atoms with Crippen LogP contribution in [0.15, 0.2) is 48.0 Å². The van der Waals surface area contributed by atoms with Crippen LogP contribution in [0.2, 0.25) is 5.02 Å². The summed E-state index contributed by atoms with van der Waals surface area (Å²) in [5.41, 5.74) is 0.847. The summed E-state index contributed by atoms with van der Waals surface area (Å²) in [5.74, 6) is -0.677. The minimum atomic E-state index is -0.807. The molecule has 1 atom stereocenters. The third-order valence-corrected chi connectivity index (χ3v) is 5.66. The number of likely N-dealkylation sites (tertiary alicyclic amines) is 1. The van der Waals surface area contributed by atoms with Gasteiger partial charge in [-0.05, 0) is 63.6 Å². The first-order valence-corrected chi connectivity index (χ1v) is 11.7. The van der Waals surface area contributed by atoms with Crippen molar-refractivity contribution in [3.63, 3.8) is 0 Å². The first kappa shape index (κ1) is 25.6. The number of benzene rings is 2. The van der Waals surface area contributed by atoms with E-state index in [1.165, 1.54) is 4.90 Å². The van der Waals surface area contributed by atoms with Crippen LogP contribution in [0.3, 0.4) is 0 Å². The van der Waals surface area contributed by atoms with Crippen molar-refractivity contribution >= 4 is 29.1 Å². The number of hydrogen-bond donors (Lipinski definition) is 1. The minimum absolute atomic E-state index is 0.0270. The Morgan fingerprint density at radius 2 is 1.65 bits per heavy atom. The molecule has 1 fully saturated rings. The van der Waals surface area contributed by atoms with Gasteiger partial charge in [-0.2, -0.15) is 0 Å². The zero-order valence-corrected chi connectivity index (χ0v) is 20.6. The van der Waals surface area contributed by atoms with E-state index in [9.17, 15) is 14.7 Å². The summed E-state index contributed by atoms with van der Waals surface area (Å²) in [5, 5.41) is 11.5. The molecule has 0 radical (unpaired) electrons. The van der Waals surface area contributed by atoms with Gasteiger partial charge in [0, 0.05) is 12.1 Å². The SMILES string of the molecule is CCOc1ccc(C2/C(=C(\O)c3cc(OCC)ccc3Cl)C(=O)C(=O)N2CCOC(C)C)cc1. The summed E-state index contributed by atoms with van der Waals surface area (Å²) in [6.07, 6.45) is -0.0270. The highest BCUT2D eigenvalue weighted by Crippen LogP contribution is 2.41. The lowest BCUT2D eigenvalue weighted by Crippen LogP contribution is -2.33. The standard InChI is InChI=1S/C26H30ClNO6/c1-5-32-18-9-7-17(8-10-18)23-22(25(30)26(31)28(23)13-14-34-16(3)4)24(29)20-15-19(33-6-2)11-12-21(20)27/h7-12,15-16,23,29H,5-6,13-14H2,1-4H3/b24-22+. The van der Waals surface area contributed by atoms with Crippen LogP contribution in [0.4, 0.5) is 0 Å². The Balaban J connectivity index is 2.11. The van der Waals surface area contributed by atoms with Crippen LogP contribution in [-0.2, 0) is 14.3 Å². The number of ketones is 1. The highest BCUT2D eigenvalue weighted by molar-refractivity contribution is 6.47. The summed E-state index contributed by atoms with van der Waals surface area (Å²) in [4.78, 5) is 27.6. The van der Waals surface area contributed by atoms with E-state index in [0.29, 0.717) is 30.3 Å². The molecule has 0 bridgehead atoms. The average molecular weight is 488 g/mol. The fraction of sp³-hybridized carbons (Fsp3) is 0.385. The molecule has 3 rings (SSSR count). The molecule has 2 aromatic carbocycles. The molecule has 0 spiro atoms. The maximum Gasteiger partial charge on any atom is 0.295 e. The second-order valence-corrected chi connectivity index (χ2v) is 8.40. The summed E-state index contributed by atoms with van der Waals surface area (Å²) < 4.78 is 16.7. The molecule has 0 aliphatic carbocycles. The molecular formula is C26H30ClNO6. The largest absolute Gasteiger partial charge is 0.507 e. The molecule has 2 aromatic rings. The topological polar surface area (TPSA) is 85.3 Å². The number of ether oxygens (including phenoxy) is 3. The molecule has 1 aliphatic rings. The van der Waals surface area contributed by atoms with Gasteiger partial charge in [-0.15, -0.1) is 0 Å². The highest BCUT2D eigenvalue weighted by atomic mass is 35.5. The third kappa shape index (κ3) is 5.54. The van der Waals surface area contributed by atoms with Gasteiger partial charge >= 0.3 is 0 Å². The Morgan fingerprint density at radius 1 is 1.03 bits per heavy atom. The van der Waals surface area contributed by atoms with Crippen LogP contribution in [0.25, 0.3) is 5.76 Å².